The van der Waals surface area contributed by atoms with Gasteiger partial charge in [-0.05, 0) is 25.0 Å². The minimum atomic E-state index is 0.747. The van der Waals surface area contributed by atoms with Crippen molar-refractivity contribution >= 4 is 5.69 Å². The molecule has 1 aliphatic heterocycles. The largest absolute Gasteiger partial charge is 0.397 e. The molecule has 0 spiro atoms. The maximum Gasteiger partial charge on any atom is 0.0501 e. The van der Waals surface area contributed by atoms with Crippen LogP contribution < -0.4 is 5.73 Å². The molecule has 3 rings (SSSR count). The van der Waals surface area contributed by atoms with Crippen molar-refractivity contribution in [1.82, 2.24) is 14.8 Å². The van der Waals surface area contributed by atoms with E-state index in [9.17, 15) is 0 Å². The highest BCUT2D eigenvalue weighted by atomic mass is 15.3. The number of nitrogen functional groups attached to an aromatic ring is 1. The average Bonchev–Trinajstić information content (AvgIpc) is 3.23. The Morgan fingerprint density at radius 3 is 2.56 bits per heavy atom. The molecule has 2 N–H and O–H groups in total. The number of nitrogens with two attached hydrogens (primary N) is 1. The normalized spacial score (nSPS) is 22.2. The number of aromatic nitrogens is 1. The minimum absolute atomic E-state index is 0.747. The zero-order chi connectivity index (χ0) is 12.4. The van der Waals surface area contributed by atoms with Gasteiger partial charge in [0.05, 0.1) is 11.9 Å². The molecular formula is C14H22N4. The lowest BCUT2D eigenvalue weighted by molar-refractivity contribution is 0.127. The molecule has 1 aliphatic carbocycles. The lowest BCUT2D eigenvalue weighted by Crippen LogP contribution is -2.47. The Morgan fingerprint density at radius 1 is 1.17 bits per heavy atom. The van der Waals surface area contributed by atoms with Gasteiger partial charge in [0, 0.05) is 50.9 Å². The molecule has 0 atom stereocenters. The Balaban J connectivity index is 1.42. The molecule has 18 heavy (non-hydrogen) atoms. The predicted molar refractivity (Wildman–Crippen MR) is 73.4 cm³/mol. The van der Waals surface area contributed by atoms with Gasteiger partial charge in [0.25, 0.3) is 0 Å². The summed E-state index contributed by atoms with van der Waals surface area (Å²) in [6, 6.07) is 4.90. The molecule has 0 amide bonds. The van der Waals surface area contributed by atoms with Crippen molar-refractivity contribution in [1.29, 1.82) is 0 Å². The third-order valence-corrected chi connectivity index (χ3v) is 4.00. The highest BCUT2D eigenvalue weighted by molar-refractivity contribution is 5.34. The van der Waals surface area contributed by atoms with Gasteiger partial charge < -0.3 is 10.6 Å². The third kappa shape index (κ3) is 3.00. The molecule has 2 heterocycles. The molecule has 4 nitrogen and oxygen atoms in total. The van der Waals surface area contributed by atoms with E-state index in [4.69, 9.17) is 5.73 Å². The fraction of sp³-hybridized carbons (Fsp3) is 0.643. The van der Waals surface area contributed by atoms with E-state index < -0.39 is 0 Å². The van der Waals surface area contributed by atoms with Crippen molar-refractivity contribution in [3.8, 4) is 0 Å². The van der Waals surface area contributed by atoms with Gasteiger partial charge in [0.2, 0.25) is 0 Å². The van der Waals surface area contributed by atoms with E-state index >= 15 is 0 Å². The summed E-state index contributed by atoms with van der Waals surface area (Å²) in [4.78, 5) is 9.56. The number of nitrogens with zero attached hydrogens (tertiary/aromatic N) is 3. The number of pyridine rings is 1. The fourth-order valence-corrected chi connectivity index (χ4v) is 2.65. The van der Waals surface area contributed by atoms with Crippen molar-refractivity contribution in [3.63, 3.8) is 0 Å². The molecule has 4 heteroatoms. The van der Waals surface area contributed by atoms with Crippen LogP contribution in [0.2, 0.25) is 0 Å². The van der Waals surface area contributed by atoms with E-state index in [0.717, 1.165) is 30.4 Å². The van der Waals surface area contributed by atoms with Crippen LogP contribution in [0.25, 0.3) is 0 Å². The van der Waals surface area contributed by atoms with Gasteiger partial charge in [-0.2, -0.15) is 0 Å². The third-order valence-electron chi connectivity index (χ3n) is 4.00. The molecule has 1 aromatic rings. The van der Waals surface area contributed by atoms with Crippen molar-refractivity contribution < 1.29 is 0 Å². The highest BCUT2D eigenvalue weighted by Gasteiger charge is 2.30. The van der Waals surface area contributed by atoms with E-state index in [1.165, 1.54) is 39.0 Å². The van der Waals surface area contributed by atoms with Gasteiger partial charge in [-0.15, -0.1) is 0 Å². The van der Waals surface area contributed by atoms with Gasteiger partial charge in [-0.25, -0.2) is 0 Å². The molecule has 1 saturated heterocycles. The van der Waals surface area contributed by atoms with Crippen LogP contribution in [0.5, 0.6) is 0 Å². The second-order valence-corrected chi connectivity index (χ2v) is 5.44. The number of piperazine rings is 1. The van der Waals surface area contributed by atoms with Crippen LogP contribution in [0.3, 0.4) is 0 Å². The zero-order valence-electron chi connectivity index (χ0n) is 10.9. The van der Waals surface area contributed by atoms with Gasteiger partial charge in [-0.1, -0.05) is 0 Å². The summed E-state index contributed by atoms with van der Waals surface area (Å²) in [6.07, 6.45) is 5.63. The summed E-state index contributed by atoms with van der Waals surface area (Å²) in [5, 5.41) is 0. The van der Waals surface area contributed by atoms with E-state index in [1.54, 1.807) is 6.20 Å². The summed E-state index contributed by atoms with van der Waals surface area (Å²) >= 11 is 0. The number of rotatable bonds is 4. The van der Waals surface area contributed by atoms with Crippen LogP contribution in [-0.2, 0) is 6.42 Å². The van der Waals surface area contributed by atoms with Crippen molar-refractivity contribution in [2.24, 2.45) is 0 Å². The van der Waals surface area contributed by atoms with Gasteiger partial charge >= 0.3 is 0 Å². The topological polar surface area (TPSA) is 45.4 Å². The second-order valence-electron chi connectivity index (χ2n) is 5.44. The summed E-state index contributed by atoms with van der Waals surface area (Å²) in [5.41, 5.74) is 7.53. The first-order valence-corrected chi connectivity index (χ1v) is 6.98. The van der Waals surface area contributed by atoms with Gasteiger partial charge in [0.1, 0.15) is 0 Å². The quantitative estimate of drug-likeness (QED) is 0.860. The van der Waals surface area contributed by atoms with E-state index in [0.29, 0.717) is 0 Å². The number of anilines is 1. The van der Waals surface area contributed by atoms with Gasteiger partial charge in [-0.3, -0.25) is 9.88 Å². The van der Waals surface area contributed by atoms with Crippen LogP contribution in [0, 0.1) is 0 Å². The monoisotopic (exact) mass is 246 g/mol. The molecule has 1 saturated carbocycles. The maximum atomic E-state index is 5.64. The Hall–Kier alpha value is -1.13. The molecule has 0 aromatic carbocycles. The molecule has 0 radical (unpaired) electrons. The first-order valence-electron chi connectivity index (χ1n) is 6.98. The summed E-state index contributed by atoms with van der Waals surface area (Å²) in [6.45, 7) is 6.05. The minimum Gasteiger partial charge on any atom is -0.397 e. The Bertz CT molecular complexity index is 377. The second kappa shape index (κ2) is 5.24. The molecular weight excluding hydrogens is 224 g/mol. The lowest BCUT2D eigenvalue weighted by atomic mass is 10.2. The van der Waals surface area contributed by atoms with E-state index in [-0.39, 0.29) is 0 Å². The SMILES string of the molecule is Nc1ccc(CCN2CCN(C3CC3)CC2)nc1. The summed E-state index contributed by atoms with van der Waals surface area (Å²) < 4.78 is 0. The average molecular weight is 246 g/mol. The van der Waals surface area contributed by atoms with Gasteiger partial charge in [0.15, 0.2) is 0 Å². The molecule has 0 bridgehead atoms. The predicted octanol–water partition coefficient (Wildman–Crippen LogP) is 0.986. The number of hydrogen-bond donors (Lipinski definition) is 1. The molecule has 0 unspecified atom stereocenters. The van der Waals surface area contributed by atoms with E-state index in [1.807, 2.05) is 12.1 Å². The summed E-state index contributed by atoms with van der Waals surface area (Å²) in [7, 11) is 0. The Morgan fingerprint density at radius 2 is 1.94 bits per heavy atom. The standard InChI is InChI=1S/C14H22N4/c15-12-1-2-13(16-11-12)5-6-17-7-9-18(10-8-17)14-3-4-14/h1-2,11,14H,3-10,15H2. The lowest BCUT2D eigenvalue weighted by Gasteiger charge is -2.34. The summed E-state index contributed by atoms with van der Waals surface area (Å²) in [5.74, 6) is 0. The van der Waals surface area contributed by atoms with Crippen LogP contribution in [0.15, 0.2) is 18.3 Å². The first-order chi connectivity index (χ1) is 8.81. The molecule has 2 fully saturated rings. The van der Waals surface area contributed by atoms with Crippen LogP contribution in [0.4, 0.5) is 5.69 Å². The highest BCUT2D eigenvalue weighted by Crippen LogP contribution is 2.27. The fourth-order valence-electron chi connectivity index (χ4n) is 2.65. The smallest absolute Gasteiger partial charge is 0.0501 e. The molecule has 98 valence electrons. The van der Waals surface area contributed by atoms with E-state index in [2.05, 4.69) is 14.8 Å². The Kier molecular flexibility index (Phi) is 3.48. The maximum absolute atomic E-state index is 5.64. The van der Waals surface area contributed by atoms with Crippen molar-refractivity contribution in [2.45, 2.75) is 25.3 Å². The first kappa shape index (κ1) is 11.9. The molecule has 1 aromatic heterocycles. The van der Waals surface area contributed by atoms with Crippen LogP contribution in [0.1, 0.15) is 18.5 Å². The van der Waals surface area contributed by atoms with Crippen molar-refractivity contribution in [3.05, 3.63) is 24.0 Å². The molecule has 2 aliphatic rings. The number of hydrogen-bond acceptors (Lipinski definition) is 4. The van der Waals surface area contributed by atoms with Crippen molar-refractivity contribution in [2.75, 3.05) is 38.5 Å². The van der Waals surface area contributed by atoms with Crippen LogP contribution in [-0.4, -0.2) is 53.5 Å². The van der Waals surface area contributed by atoms with Crippen LogP contribution >= 0.6 is 0 Å². The Labute approximate surface area is 109 Å². The zero-order valence-corrected chi connectivity index (χ0v) is 10.9.